The Hall–Kier alpha value is -2.26. The third-order valence-corrected chi connectivity index (χ3v) is 3.17. The molecule has 0 atom stereocenters. The van der Waals surface area contributed by atoms with Crippen LogP contribution < -0.4 is 16.0 Å². The molecule has 0 radical (unpaired) electrons. The maximum atomic E-state index is 13.5. The van der Waals surface area contributed by atoms with E-state index in [9.17, 15) is 14.5 Å². The molecule has 0 unspecified atom stereocenters. The standard InChI is InChI=1S/C12H10BrFN4O3/c13-8-4-10(18(19)20)11(5-9(8)14)21-6-7-1-2-16-12(3-7)17-15/h1-5H,6,15H2,(H,16,17). The number of anilines is 1. The number of aromatic nitrogens is 1. The maximum Gasteiger partial charge on any atom is 0.312 e. The van der Waals surface area contributed by atoms with Gasteiger partial charge in [0.05, 0.1) is 9.40 Å². The molecule has 110 valence electrons. The first-order valence-electron chi connectivity index (χ1n) is 5.69. The van der Waals surface area contributed by atoms with E-state index >= 15 is 0 Å². The van der Waals surface area contributed by atoms with Crippen molar-refractivity contribution in [2.45, 2.75) is 6.61 Å². The number of nitro groups is 1. The summed E-state index contributed by atoms with van der Waals surface area (Å²) in [6.45, 7) is 0.0130. The fraction of sp³-hybridized carbons (Fsp3) is 0.0833. The van der Waals surface area contributed by atoms with Crippen molar-refractivity contribution in [3.8, 4) is 5.75 Å². The highest BCUT2D eigenvalue weighted by Gasteiger charge is 2.19. The zero-order valence-corrected chi connectivity index (χ0v) is 12.1. The predicted molar refractivity (Wildman–Crippen MR) is 77.1 cm³/mol. The molecule has 9 heteroatoms. The number of pyridine rings is 1. The highest BCUT2D eigenvalue weighted by molar-refractivity contribution is 9.10. The zero-order chi connectivity index (χ0) is 15.4. The number of nitro benzene ring substituents is 1. The molecule has 0 fully saturated rings. The minimum atomic E-state index is -0.644. The Morgan fingerprint density at radius 3 is 2.90 bits per heavy atom. The summed E-state index contributed by atoms with van der Waals surface area (Å²) in [5.41, 5.74) is 2.72. The quantitative estimate of drug-likeness (QED) is 0.485. The summed E-state index contributed by atoms with van der Waals surface area (Å²) in [4.78, 5) is 14.2. The number of nitrogens with one attached hydrogen (secondary N) is 1. The zero-order valence-electron chi connectivity index (χ0n) is 10.5. The van der Waals surface area contributed by atoms with Crippen LogP contribution in [0.15, 0.2) is 34.9 Å². The summed E-state index contributed by atoms with van der Waals surface area (Å²) in [6, 6.07) is 5.29. The number of hydrogen-bond donors (Lipinski definition) is 2. The van der Waals surface area contributed by atoms with Crippen molar-refractivity contribution in [2.24, 2.45) is 5.84 Å². The van der Waals surface area contributed by atoms with Crippen LogP contribution in [0.1, 0.15) is 5.56 Å². The molecule has 0 saturated heterocycles. The molecule has 0 aliphatic carbocycles. The van der Waals surface area contributed by atoms with Gasteiger partial charge in [0.1, 0.15) is 18.2 Å². The van der Waals surface area contributed by atoms with Gasteiger partial charge in [0.2, 0.25) is 0 Å². The highest BCUT2D eigenvalue weighted by atomic mass is 79.9. The molecular formula is C12H10BrFN4O3. The molecule has 2 rings (SSSR count). The van der Waals surface area contributed by atoms with Gasteiger partial charge in [0, 0.05) is 18.3 Å². The lowest BCUT2D eigenvalue weighted by atomic mass is 10.2. The van der Waals surface area contributed by atoms with E-state index in [1.54, 1.807) is 12.1 Å². The number of halogens is 2. The van der Waals surface area contributed by atoms with E-state index < -0.39 is 10.7 Å². The lowest BCUT2D eigenvalue weighted by Crippen LogP contribution is -2.09. The van der Waals surface area contributed by atoms with Crippen molar-refractivity contribution in [2.75, 3.05) is 5.43 Å². The van der Waals surface area contributed by atoms with Gasteiger partial charge >= 0.3 is 5.69 Å². The molecule has 0 amide bonds. The monoisotopic (exact) mass is 356 g/mol. The van der Waals surface area contributed by atoms with Crippen LogP contribution in [0, 0.1) is 15.9 Å². The van der Waals surface area contributed by atoms with Crippen LogP contribution in [0.25, 0.3) is 0 Å². The van der Waals surface area contributed by atoms with Crippen molar-refractivity contribution < 1.29 is 14.1 Å². The second-order valence-electron chi connectivity index (χ2n) is 3.97. The van der Waals surface area contributed by atoms with E-state index in [0.29, 0.717) is 11.4 Å². The van der Waals surface area contributed by atoms with Crippen LogP contribution in [0.5, 0.6) is 5.75 Å². The number of rotatable bonds is 5. The third-order valence-electron chi connectivity index (χ3n) is 2.57. The summed E-state index contributed by atoms with van der Waals surface area (Å²) in [7, 11) is 0. The largest absolute Gasteiger partial charge is 0.482 e. The van der Waals surface area contributed by atoms with Gasteiger partial charge in [0.15, 0.2) is 5.75 Å². The Morgan fingerprint density at radius 2 is 2.24 bits per heavy atom. The molecule has 0 aliphatic heterocycles. The van der Waals surface area contributed by atoms with Crippen LogP contribution in [0.3, 0.4) is 0 Å². The van der Waals surface area contributed by atoms with Crippen LogP contribution in [0.2, 0.25) is 0 Å². The summed E-state index contributed by atoms with van der Waals surface area (Å²) in [5, 5.41) is 10.9. The lowest BCUT2D eigenvalue weighted by Gasteiger charge is -2.08. The topological polar surface area (TPSA) is 103 Å². The average Bonchev–Trinajstić information content (AvgIpc) is 2.48. The number of nitrogens with two attached hydrogens (primary N) is 1. The average molecular weight is 357 g/mol. The molecular weight excluding hydrogens is 347 g/mol. The van der Waals surface area contributed by atoms with E-state index in [4.69, 9.17) is 10.6 Å². The van der Waals surface area contributed by atoms with Gasteiger partial charge < -0.3 is 10.2 Å². The molecule has 1 heterocycles. The number of hydrazine groups is 1. The Bertz CT molecular complexity index is 684. The van der Waals surface area contributed by atoms with Crippen molar-refractivity contribution >= 4 is 27.4 Å². The number of benzene rings is 1. The first kappa shape index (κ1) is 15.1. The predicted octanol–water partition coefficient (Wildman–Crippen LogP) is 2.76. The molecule has 0 bridgehead atoms. The van der Waals surface area contributed by atoms with Crippen molar-refractivity contribution in [1.29, 1.82) is 0 Å². The first-order valence-corrected chi connectivity index (χ1v) is 6.48. The Kier molecular flexibility index (Phi) is 4.66. The molecule has 1 aromatic carbocycles. The Labute approximate surface area is 127 Å². The van der Waals surface area contributed by atoms with E-state index in [0.717, 1.165) is 12.1 Å². The normalized spacial score (nSPS) is 10.2. The Balaban J connectivity index is 2.22. The van der Waals surface area contributed by atoms with E-state index in [1.165, 1.54) is 6.20 Å². The van der Waals surface area contributed by atoms with Crippen molar-refractivity contribution in [1.82, 2.24) is 4.98 Å². The second kappa shape index (κ2) is 6.46. The van der Waals surface area contributed by atoms with E-state index in [2.05, 4.69) is 26.3 Å². The summed E-state index contributed by atoms with van der Waals surface area (Å²) in [5.74, 6) is 4.86. The molecule has 0 spiro atoms. The highest BCUT2D eigenvalue weighted by Crippen LogP contribution is 2.33. The van der Waals surface area contributed by atoms with Gasteiger partial charge in [-0.1, -0.05) is 0 Å². The van der Waals surface area contributed by atoms with Crippen LogP contribution in [0.4, 0.5) is 15.9 Å². The number of ether oxygens (including phenoxy) is 1. The van der Waals surface area contributed by atoms with Crippen molar-refractivity contribution in [3.63, 3.8) is 0 Å². The van der Waals surface area contributed by atoms with Gasteiger partial charge in [0.25, 0.3) is 0 Å². The third kappa shape index (κ3) is 3.64. The molecule has 0 aliphatic rings. The number of nitrogen functional groups attached to an aromatic ring is 1. The van der Waals surface area contributed by atoms with Gasteiger partial charge in [-0.05, 0) is 33.6 Å². The fourth-order valence-electron chi connectivity index (χ4n) is 1.58. The number of hydrogen-bond acceptors (Lipinski definition) is 6. The van der Waals surface area contributed by atoms with Gasteiger partial charge in [-0.2, -0.15) is 0 Å². The summed E-state index contributed by atoms with van der Waals surface area (Å²) >= 11 is 2.90. The van der Waals surface area contributed by atoms with Gasteiger partial charge in [-0.3, -0.25) is 10.1 Å². The van der Waals surface area contributed by atoms with Crippen LogP contribution >= 0.6 is 15.9 Å². The Morgan fingerprint density at radius 1 is 1.48 bits per heavy atom. The smallest absolute Gasteiger partial charge is 0.312 e. The van der Waals surface area contributed by atoms with E-state index in [1.807, 2.05) is 0 Å². The van der Waals surface area contributed by atoms with Crippen LogP contribution in [-0.2, 0) is 6.61 Å². The summed E-state index contributed by atoms with van der Waals surface area (Å²) in [6.07, 6.45) is 1.50. The lowest BCUT2D eigenvalue weighted by molar-refractivity contribution is -0.386. The molecule has 0 saturated carbocycles. The van der Waals surface area contributed by atoms with E-state index in [-0.39, 0.29) is 22.5 Å². The molecule has 3 N–H and O–H groups in total. The minimum Gasteiger partial charge on any atom is -0.482 e. The minimum absolute atomic E-state index is 0.0000732. The second-order valence-corrected chi connectivity index (χ2v) is 4.83. The van der Waals surface area contributed by atoms with Crippen molar-refractivity contribution in [3.05, 3.63) is 56.4 Å². The molecule has 2 aromatic rings. The van der Waals surface area contributed by atoms with Crippen LogP contribution in [-0.4, -0.2) is 9.91 Å². The number of nitrogens with zero attached hydrogens (tertiary/aromatic N) is 2. The maximum absolute atomic E-state index is 13.5. The summed E-state index contributed by atoms with van der Waals surface area (Å²) < 4.78 is 18.8. The van der Waals surface area contributed by atoms with Gasteiger partial charge in [-0.25, -0.2) is 15.2 Å². The fourth-order valence-corrected chi connectivity index (χ4v) is 1.91. The molecule has 1 aromatic heterocycles. The first-order chi connectivity index (χ1) is 10.0. The SMILES string of the molecule is NNc1cc(COc2cc(F)c(Br)cc2[N+](=O)[O-])ccn1. The van der Waals surface area contributed by atoms with Gasteiger partial charge in [-0.15, -0.1) is 0 Å². The molecule has 21 heavy (non-hydrogen) atoms. The molecule has 7 nitrogen and oxygen atoms in total.